The fourth-order valence-electron chi connectivity index (χ4n) is 2.59. The smallest absolute Gasteiger partial charge is 0.250 e. The van der Waals surface area contributed by atoms with E-state index in [-0.39, 0.29) is 12.0 Å². The second kappa shape index (κ2) is 6.01. The SMILES string of the molecule is Fc1cccnc1O[C@H](c1ccccc1)C1CCNC1. The molecule has 2 aromatic rings. The number of benzene rings is 1. The van der Waals surface area contributed by atoms with E-state index in [4.69, 9.17) is 4.74 Å². The molecule has 0 radical (unpaired) electrons. The average Bonchev–Trinajstić information content (AvgIpc) is 3.01. The van der Waals surface area contributed by atoms with Gasteiger partial charge in [-0.15, -0.1) is 0 Å². The predicted molar refractivity (Wildman–Crippen MR) is 75.0 cm³/mol. The number of aromatic nitrogens is 1. The molecule has 1 fully saturated rings. The Morgan fingerprint density at radius 3 is 2.75 bits per heavy atom. The zero-order valence-electron chi connectivity index (χ0n) is 11.1. The Bertz CT molecular complexity index is 555. The lowest BCUT2D eigenvalue weighted by Gasteiger charge is -2.24. The summed E-state index contributed by atoms with van der Waals surface area (Å²) in [4.78, 5) is 4.00. The van der Waals surface area contributed by atoms with Gasteiger partial charge in [-0.25, -0.2) is 9.37 Å². The third-order valence-corrected chi connectivity index (χ3v) is 3.62. The van der Waals surface area contributed by atoms with E-state index in [2.05, 4.69) is 10.3 Å². The Kier molecular flexibility index (Phi) is 3.92. The summed E-state index contributed by atoms with van der Waals surface area (Å²) in [5.74, 6) is -0.00792. The third kappa shape index (κ3) is 2.80. The molecule has 4 heteroatoms. The van der Waals surface area contributed by atoms with Crippen LogP contribution in [0.25, 0.3) is 0 Å². The van der Waals surface area contributed by atoms with E-state index in [0.717, 1.165) is 25.1 Å². The van der Waals surface area contributed by atoms with Gasteiger partial charge in [-0.2, -0.15) is 0 Å². The summed E-state index contributed by atoms with van der Waals surface area (Å²) >= 11 is 0. The third-order valence-electron chi connectivity index (χ3n) is 3.62. The Hall–Kier alpha value is -1.94. The van der Waals surface area contributed by atoms with Gasteiger partial charge in [0.2, 0.25) is 0 Å². The van der Waals surface area contributed by atoms with Crippen LogP contribution in [0.2, 0.25) is 0 Å². The average molecular weight is 272 g/mol. The van der Waals surface area contributed by atoms with Gasteiger partial charge in [0, 0.05) is 18.7 Å². The van der Waals surface area contributed by atoms with E-state index in [1.54, 1.807) is 12.3 Å². The highest BCUT2D eigenvalue weighted by Gasteiger charge is 2.28. The van der Waals surface area contributed by atoms with Crippen LogP contribution < -0.4 is 10.1 Å². The van der Waals surface area contributed by atoms with E-state index in [1.165, 1.54) is 6.07 Å². The van der Waals surface area contributed by atoms with E-state index >= 15 is 0 Å². The fraction of sp³-hybridized carbons (Fsp3) is 0.312. The molecule has 1 aliphatic heterocycles. The molecular formula is C16H17FN2O. The van der Waals surface area contributed by atoms with Crippen LogP contribution in [0.3, 0.4) is 0 Å². The minimum absolute atomic E-state index is 0.0771. The molecule has 1 N–H and O–H groups in total. The van der Waals surface area contributed by atoms with Gasteiger partial charge in [0.1, 0.15) is 6.10 Å². The fourth-order valence-corrected chi connectivity index (χ4v) is 2.59. The molecule has 3 nitrogen and oxygen atoms in total. The van der Waals surface area contributed by atoms with Crippen molar-refractivity contribution in [3.05, 3.63) is 60.0 Å². The number of hydrogen-bond acceptors (Lipinski definition) is 3. The van der Waals surface area contributed by atoms with Crippen LogP contribution in [0.4, 0.5) is 4.39 Å². The summed E-state index contributed by atoms with van der Waals surface area (Å²) in [6, 6.07) is 12.9. The molecule has 3 rings (SSSR count). The number of rotatable bonds is 4. The van der Waals surface area contributed by atoms with Gasteiger partial charge in [-0.3, -0.25) is 0 Å². The molecule has 1 saturated heterocycles. The first-order valence-corrected chi connectivity index (χ1v) is 6.87. The van der Waals surface area contributed by atoms with Gasteiger partial charge in [-0.1, -0.05) is 30.3 Å². The van der Waals surface area contributed by atoms with Crippen LogP contribution in [0.5, 0.6) is 5.88 Å². The molecule has 1 aliphatic rings. The summed E-state index contributed by atoms with van der Waals surface area (Å²) in [5, 5.41) is 3.33. The van der Waals surface area contributed by atoms with Crippen LogP contribution in [0, 0.1) is 11.7 Å². The minimum Gasteiger partial charge on any atom is -0.467 e. The maximum absolute atomic E-state index is 13.7. The summed E-state index contributed by atoms with van der Waals surface area (Å²) < 4.78 is 19.6. The summed E-state index contributed by atoms with van der Waals surface area (Å²) in [7, 11) is 0. The van der Waals surface area contributed by atoms with Crippen molar-refractivity contribution >= 4 is 0 Å². The zero-order chi connectivity index (χ0) is 13.8. The van der Waals surface area contributed by atoms with Gasteiger partial charge < -0.3 is 10.1 Å². The van der Waals surface area contributed by atoms with Crippen molar-refractivity contribution in [3.8, 4) is 5.88 Å². The first kappa shape index (κ1) is 13.1. The molecule has 0 aliphatic carbocycles. The monoisotopic (exact) mass is 272 g/mol. The molecular weight excluding hydrogens is 255 g/mol. The molecule has 104 valence electrons. The van der Waals surface area contributed by atoms with Gasteiger partial charge in [0.05, 0.1) is 0 Å². The Morgan fingerprint density at radius 2 is 2.05 bits per heavy atom. The minimum atomic E-state index is -0.417. The van der Waals surface area contributed by atoms with Crippen molar-refractivity contribution in [2.45, 2.75) is 12.5 Å². The number of hydrogen-bond donors (Lipinski definition) is 1. The van der Waals surface area contributed by atoms with Crippen LogP contribution in [0.1, 0.15) is 18.1 Å². The van der Waals surface area contributed by atoms with Crippen molar-refractivity contribution < 1.29 is 9.13 Å². The Morgan fingerprint density at radius 1 is 1.20 bits per heavy atom. The summed E-state index contributed by atoms with van der Waals surface area (Å²) in [6.07, 6.45) is 2.40. The highest BCUT2D eigenvalue weighted by molar-refractivity contribution is 5.22. The highest BCUT2D eigenvalue weighted by Crippen LogP contribution is 2.31. The summed E-state index contributed by atoms with van der Waals surface area (Å²) in [5.41, 5.74) is 1.06. The molecule has 0 amide bonds. The topological polar surface area (TPSA) is 34.1 Å². The maximum Gasteiger partial charge on any atom is 0.250 e. The first-order chi connectivity index (χ1) is 9.84. The second-order valence-corrected chi connectivity index (χ2v) is 4.99. The van der Waals surface area contributed by atoms with Gasteiger partial charge in [0.15, 0.2) is 5.82 Å². The van der Waals surface area contributed by atoms with Crippen molar-refractivity contribution in [1.29, 1.82) is 0 Å². The van der Waals surface area contributed by atoms with Crippen molar-refractivity contribution in [2.24, 2.45) is 5.92 Å². The first-order valence-electron chi connectivity index (χ1n) is 6.87. The van der Waals surface area contributed by atoms with Gasteiger partial charge >= 0.3 is 0 Å². The number of nitrogens with zero attached hydrogens (tertiary/aromatic N) is 1. The van der Waals surface area contributed by atoms with Crippen LogP contribution >= 0.6 is 0 Å². The van der Waals surface area contributed by atoms with Crippen LogP contribution in [0.15, 0.2) is 48.7 Å². The van der Waals surface area contributed by atoms with Crippen LogP contribution in [-0.2, 0) is 0 Å². The zero-order valence-corrected chi connectivity index (χ0v) is 11.1. The Labute approximate surface area is 117 Å². The van der Waals surface area contributed by atoms with E-state index < -0.39 is 5.82 Å². The molecule has 1 unspecified atom stereocenters. The Balaban J connectivity index is 1.88. The van der Waals surface area contributed by atoms with Gasteiger partial charge in [0.25, 0.3) is 5.88 Å². The number of pyridine rings is 1. The number of nitrogens with one attached hydrogen (secondary N) is 1. The highest BCUT2D eigenvalue weighted by atomic mass is 19.1. The lowest BCUT2D eigenvalue weighted by atomic mass is 9.95. The molecule has 1 aromatic heterocycles. The molecule has 20 heavy (non-hydrogen) atoms. The maximum atomic E-state index is 13.7. The van der Waals surface area contributed by atoms with Crippen molar-refractivity contribution in [3.63, 3.8) is 0 Å². The van der Waals surface area contributed by atoms with E-state index in [9.17, 15) is 4.39 Å². The second-order valence-electron chi connectivity index (χ2n) is 4.99. The predicted octanol–water partition coefficient (Wildman–Crippen LogP) is 2.95. The normalized spacial score (nSPS) is 19.8. The van der Waals surface area contributed by atoms with Crippen molar-refractivity contribution in [2.75, 3.05) is 13.1 Å². The quantitative estimate of drug-likeness (QED) is 0.929. The summed E-state index contributed by atoms with van der Waals surface area (Å²) in [6.45, 7) is 1.86. The molecule has 0 spiro atoms. The lowest BCUT2D eigenvalue weighted by molar-refractivity contribution is 0.131. The van der Waals surface area contributed by atoms with E-state index in [0.29, 0.717) is 5.92 Å². The molecule has 0 bridgehead atoms. The number of ether oxygens (including phenoxy) is 1. The lowest BCUT2D eigenvalue weighted by Crippen LogP contribution is -2.22. The number of halogens is 1. The van der Waals surface area contributed by atoms with Gasteiger partial charge in [-0.05, 0) is 30.7 Å². The molecule has 0 saturated carbocycles. The molecule has 2 heterocycles. The van der Waals surface area contributed by atoms with Crippen LogP contribution in [-0.4, -0.2) is 18.1 Å². The van der Waals surface area contributed by atoms with E-state index in [1.807, 2.05) is 30.3 Å². The standard InChI is InChI=1S/C16H17FN2O/c17-14-7-4-9-19-16(14)20-15(13-8-10-18-11-13)12-5-2-1-3-6-12/h1-7,9,13,15,18H,8,10-11H2/t13?,15-/m1/s1. The molecule has 1 aromatic carbocycles. The molecule has 2 atom stereocenters. The van der Waals surface area contributed by atoms with Crippen molar-refractivity contribution in [1.82, 2.24) is 10.3 Å². The largest absolute Gasteiger partial charge is 0.467 e.